The van der Waals surface area contributed by atoms with Crippen molar-refractivity contribution in [3.8, 4) is 22.8 Å². The van der Waals surface area contributed by atoms with Crippen molar-refractivity contribution < 1.29 is 21.1 Å². The van der Waals surface area contributed by atoms with E-state index in [9.17, 15) is 0 Å². The van der Waals surface area contributed by atoms with Crippen molar-refractivity contribution in [1.82, 2.24) is 30.4 Å². The Morgan fingerprint density at radius 1 is 0.595 bits per heavy atom. The van der Waals surface area contributed by atoms with E-state index < -0.39 is 0 Å². The topological polar surface area (TPSA) is 79.8 Å². The van der Waals surface area contributed by atoms with Crippen LogP contribution in [0, 0.1) is 0 Å². The molecule has 0 saturated heterocycles. The summed E-state index contributed by atoms with van der Waals surface area (Å²) in [6.07, 6.45) is 3.69. The fourth-order valence-corrected chi connectivity index (χ4v) is 3.47. The van der Waals surface area contributed by atoms with E-state index in [1.54, 1.807) is 0 Å². The molecule has 0 unspecified atom stereocenters. The zero-order valence-electron chi connectivity index (χ0n) is 23.8. The summed E-state index contributed by atoms with van der Waals surface area (Å²) in [5.74, 6) is 0.994. The summed E-state index contributed by atoms with van der Waals surface area (Å²) in [6.45, 7) is 21.5. The van der Waals surface area contributed by atoms with E-state index in [0.717, 1.165) is 34.2 Å². The molecule has 4 aromatic rings. The number of nitrogens with zero attached hydrogens (tertiary/aromatic N) is 6. The first-order valence-electron chi connectivity index (χ1n) is 12.7. The van der Waals surface area contributed by atoms with E-state index >= 15 is 0 Å². The van der Waals surface area contributed by atoms with Crippen molar-refractivity contribution >= 4 is 0 Å². The summed E-state index contributed by atoms with van der Waals surface area (Å²) in [7, 11) is 0. The first kappa shape index (κ1) is 30.6. The maximum atomic E-state index is 4.38. The smallest absolute Gasteiger partial charge is 0.573 e. The van der Waals surface area contributed by atoms with Gasteiger partial charge in [0.25, 0.3) is 0 Å². The van der Waals surface area contributed by atoms with Crippen molar-refractivity contribution in [2.45, 2.75) is 91.9 Å². The van der Waals surface area contributed by atoms with Gasteiger partial charge in [-0.25, -0.2) is 0 Å². The molecule has 0 aliphatic heterocycles. The molecule has 200 valence electrons. The zero-order valence-corrected chi connectivity index (χ0v) is 26.0. The zero-order chi connectivity index (χ0) is 26.7. The van der Waals surface area contributed by atoms with Crippen molar-refractivity contribution in [2.24, 2.45) is 0 Å². The third-order valence-corrected chi connectivity index (χ3v) is 6.04. The van der Waals surface area contributed by atoms with E-state index in [4.69, 9.17) is 0 Å². The van der Waals surface area contributed by atoms with Crippen molar-refractivity contribution in [2.75, 3.05) is 0 Å². The normalized spacial score (nSPS) is 11.8. The van der Waals surface area contributed by atoms with Gasteiger partial charge in [0.05, 0.1) is 0 Å². The molecule has 7 heteroatoms. The Kier molecular flexibility index (Phi) is 10.2. The van der Waals surface area contributed by atoms with Crippen LogP contribution in [0.5, 0.6) is 0 Å². The van der Waals surface area contributed by atoms with Crippen LogP contribution in [0.4, 0.5) is 0 Å². The molecule has 0 saturated carbocycles. The van der Waals surface area contributed by atoms with Gasteiger partial charge in [-0.1, -0.05) is 92.8 Å². The van der Waals surface area contributed by atoms with E-state index in [0.29, 0.717) is 11.8 Å². The predicted octanol–water partition coefficient (Wildman–Crippen LogP) is 7.04. The average Bonchev–Trinajstić information content (AvgIpc) is 3.50. The van der Waals surface area contributed by atoms with Crippen LogP contribution in [-0.4, -0.2) is 20.2 Å². The molecule has 0 bridgehead atoms. The summed E-state index contributed by atoms with van der Waals surface area (Å²) in [5.41, 5.74) is 8.17. The van der Waals surface area contributed by atoms with Crippen molar-refractivity contribution in [1.29, 1.82) is 0 Å². The second-order valence-electron chi connectivity index (χ2n) is 12.0. The van der Waals surface area contributed by atoms with Crippen LogP contribution in [0.25, 0.3) is 22.8 Å². The average molecular weight is 680 g/mol. The monoisotopic (exact) mass is 679 g/mol. The molecule has 6 nitrogen and oxygen atoms in total. The van der Waals surface area contributed by atoms with Crippen molar-refractivity contribution in [3.63, 3.8) is 0 Å². The van der Waals surface area contributed by atoms with Gasteiger partial charge in [-0.2, -0.15) is 0 Å². The summed E-state index contributed by atoms with van der Waals surface area (Å²) >= 11 is 0. The maximum Gasteiger partial charge on any atom is 2.00 e. The predicted molar refractivity (Wildman–Crippen MR) is 147 cm³/mol. The quantitative estimate of drug-likeness (QED) is 0.230. The van der Waals surface area contributed by atoms with Crippen LogP contribution in [-0.2, 0) is 31.9 Å². The third kappa shape index (κ3) is 8.20. The SMILES string of the molecule is CC(C)c1ccnc(-c2cc(C(C)(C)C)n[n-]2)c1.CC(C)c1ccnc(-c2cc(C(C)(C)C)n[n-]2)c1.[Pt+2]. The molecule has 0 aliphatic carbocycles. The van der Waals surface area contributed by atoms with Crippen LogP contribution in [0.1, 0.15) is 104 Å². The summed E-state index contributed by atoms with van der Waals surface area (Å²) in [5, 5.41) is 17.0. The molecule has 0 N–H and O–H groups in total. The van der Waals surface area contributed by atoms with Crippen molar-refractivity contribution in [3.05, 3.63) is 71.3 Å². The number of rotatable bonds is 4. The molecule has 0 amide bonds. The fraction of sp³-hybridized carbons (Fsp3) is 0.467. The van der Waals surface area contributed by atoms with Gasteiger partial charge in [-0.05, 0) is 47.2 Å². The van der Waals surface area contributed by atoms with Gasteiger partial charge in [0.15, 0.2) is 0 Å². The number of hydrogen-bond acceptors (Lipinski definition) is 4. The van der Waals surface area contributed by atoms with E-state index in [1.807, 2.05) is 24.5 Å². The molecule has 0 spiro atoms. The fourth-order valence-electron chi connectivity index (χ4n) is 3.47. The Morgan fingerprint density at radius 3 is 1.22 bits per heavy atom. The van der Waals surface area contributed by atoms with Gasteiger partial charge in [-0.3, -0.25) is 9.97 Å². The number of hydrogen-bond donors (Lipinski definition) is 0. The van der Waals surface area contributed by atoms with Gasteiger partial charge >= 0.3 is 21.1 Å². The molecule has 0 aromatic carbocycles. The first-order chi connectivity index (χ1) is 16.8. The minimum absolute atomic E-state index is 0. The van der Waals surface area contributed by atoms with E-state index in [1.165, 1.54) is 11.1 Å². The van der Waals surface area contributed by atoms with Gasteiger partial charge in [0.2, 0.25) is 0 Å². The Hall–Kier alpha value is -2.59. The molecular weight excluding hydrogens is 639 g/mol. The number of aromatic nitrogens is 6. The second-order valence-corrected chi connectivity index (χ2v) is 12.0. The summed E-state index contributed by atoms with van der Waals surface area (Å²) < 4.78 is 0. The Morgan fingerprint density at radius 2 is 0.946 bits per heavy atom. The van der Waals surface area contributed by atoms with Gasteiger partial charge in [-0.15, -0.1) is 0 Å². The molecule has 0 fully saturated rings. The minimum Gasteiger partial charge on any atom is -0.573 e. The Labute approximate surface area is 236 Å². The first-order valence-corrected chi connectivity index (χ1v) is 12.7. The van der Waals surface area contributed by atoms with E-state index in [-0.39, 0.29) is 31.9 Å². The Bertz CT molecular complexity index is 1170. The Balaban J connectivity index is 0.000000253. The van der Waals surface area contributed by atoms with Crippen LogP contribution in [0.2, 0.25) is 0 Å². The maximum absolute atomic E-state index is 4.38. The molecule has 0 radical (unpaired) electrons. The standard InChI is InChI=1S/2C15H20N3.Pt/c2*1-10(2)11-6-7-16-12(8-11)13-9-14(18-17-13)15(3,4)5;/h2*6-10H,1-5H3;/q2*-1;+2. The number of pyridine rings is 2. The van der Waals surface area contributed by atoms with Crippen LogP contribution >= 0.6 is 0 Å². The van der Waals surface area contributed by atoms with Gasteiger partial charge in [0, 0.05) is 46.0 Å². The van der Waals surface area contributed by atoms with Gasteiger partial charge < -0.3 is 20.4 Å². The van der Waals surface area contributed by atoms with Gasteiger partial charge in [0.1, 0.15) is 0 Å². The molecule has 0 aliphatic rings. The van der Waals surface area contributed by atoms with E-state index in [2.05, 4.69) is 124 Å². The molecule has 37 heavy (non-hydrogen) atoms. The van der Waals surface area contributed by atoms with Crippen LogP contribution < -0.4 is 10.2 Å². The van der Waals surface area contributed by atoms with Crippen LogP contribution in [0.3, 0.4) is 0 Å². The molecule has 4 heterocycles. The third-order valence-electron chi connectivity index (χ3n) is 6.04. The largest absolute Gasteiger partial charge is 2.00 e. The molecule has 4 rings (SSSR count). The molecular formula is C30H40N6Pt. The minimum atomic E-state index is 0. The second kappa shape index (κ2) is 12.3. The molecule has 0 atom stereocenters. The summed E-state index contributed by atoms with van der Waals surface area (Å²) in [4.78, 5) is 8.77. The summed E-state index contributed by atoms with van der Waals surface area (Å²) in [6, 6.07) is 12.4. The molecule has 4 aromatic heterocycles. The van der Waals surface area contributed by atoms with Crippen LogP contribution in [0.15, 0.2) is 48.8 Å².